The van der Waals surface area contributed by atoms with E-state index in [4.69, 9.17) is 4.74 Å². The van der Waals surface area contributed by atoms with Gasteiger partial charge in [-0.05, 0) is 19.1 Å². The zero-order valence-electron chi connectivity index (χ0n) is 17.1. The molecule has 13 heteroatoms. The third kappa shape index (κ3) is 5.10. The first kappa shape index (κ1) is 21.9. The topological polar surface area (TPSA) is 93.9 Å². The molecule has 0 saturated carbocycles. The summed E-state index contributed by atoms with van der Waals surface area (Å²) in [5.41, 5.74) is -1.04. The minimum Gasteiger partial charge on any atom is -0.378 e. The van der Waals surface area contributed by atoms with Crippen molar-refractivity contribution in [2.75, 3.05) is 23.4 Å². The molecule has 1 N–H and O–H groups in total. The van der Waals surface area contributed by atoms with Gasteiger partial charge in [0.1, 0.15) is 29.6 Å². The van der Waals surface area contributed by atoms with Crippen LogP contribution in [0.2, 0.25) is 0 Å². The number of nitrogens with zero attached hydrogens (tertiary/aromatic N) is 7. The van der Waals surface area contributed by atoms with Crippen molar-refractivity contribution < 1.29 is 22.3 Å². The Balaban J connectivity index is 1.30. The lowest BCUT2D eigenvalue weighted by Crippen LogP contribution is -2.34. The smallest absolute Gasteiger partial charge is 0.378 e. The molecular formula is C19H20F4N8O. The van der Waals surface area contributed by atoms with Gasteiger partial charge in [-0.25, -0.2) is 19.0 Å². The molecule has 4 heterocycles. The zero-order valence-corrected chi connectivity index (χ0v) is 17.1. The summed E-state index contributed by atoms with van der Waals surface area (Å²) in [5.74, 6) is 1.46. The van der Waals surface area contributed by atoms with Gasteiger partial charge in [0.2, 0.25) is 0 Å². The number of anilines is 2. The molecule has 1 aliphatic rings. The maximum absolute atomic E-state index is 13.1. The van der Waals surface area contributed by atoms with Crippen molar-refractivity contribution in [1.82, 2.24) is 29.9 Å². The van der Waals surface area contributed by atoms with Gasteiger partial charge in [0, 0.05) is 12.6 Å². The Morgan fingerprint density at radius 2 is 1.97 bits per heavy atom. The molecule has 0 spiro atoms. The van der Waals surface area contributed by atoms with Gasteiger partial charge in [-0.1, -0.05) is 0 Å². The second-order valence-corrected chi connectivity index (χ2v) is 7.30. The minimum atomic E-state index is -4.53. The fourth-order valence-corrected chi connectivity index (χ4v) is 3.30. The van der Waals surface area contributed by atoms with Gasteiger partial charge in [-0.15, -0.1) is 0 Å². The first-order chi connectivity index (χ1) is 15.3. The lowest BCUT2D eigenvalue weighted by molar-refractivity contribution is -0.137. The number of fused-ring (bicyclic) bond motifs is 1. The lowest BCUT2D eigenvalue weighted by atomic mass is 10.2. The fourth-order valence-electron chi connectivity index (χ4n) is 3.30. The number of pyridine rings is 1. The normalized spacial score (nSPS) is 14.8. The maximum atomic E-state index is 13.1. The van der Waals surface area contributed by atoms with Crippen LogP contribution in [0.1, 0.15) is 24.1 Å². The molecule has 0 amide bonds. The first-order valence-corrected chi connectivity index (χ1v) is 9.81. The van der Waals surface area contributed by atoms with Crippen molar-refractivity contribution in [3.63, 3.8) is 0 Å². The van der Waals surface area contributed by atoms with Gasteiger partial charge in [-0.2, -0.15) is 28.5 Å². The molecule has 170 valence electrons. The second-order valence-electron chi connectivity index (χ2n) is 7.30. The SMILES string of the molecule is C[C@@H](COCc1nc2n(n1)CCN(c1ccc(F)cn1)C2)Nc1cnncc1C(F)(F)F. The molecule has 3 aromatic heterocycles. The van der Waals surface area contributed by atoms with E-state index in [1.54, 1.807) is 17.7 Å². The number of nitrogens with one attached hydrogen (secondary N) is 1. The minimum absolute atomic E-state index is 0.113. The fraction of sp³-hybridized carbons (Fsp3) is 0.421. The predicted molar refractivity (Wildman–Crippen MR) is 105 cm³/mol. The number of alkyl halides is 3. The highest BCUT2D eigenvalue weighted by Crippen LogP contribution is 2.33. The second kappa shape index (κ2) is 9.02. The number of ether oxygens (including phenoxy) is 1. The van der Waals surface area contributed by atoms with Gasteiger partial charge >= 0.3 is 6.18 Å². The van der Waals surface area contributed by atoms with E-state index < -0.39 is 23.6 Å². The monoisotopic (exact) mass is 452 g/mol. The van der Waals surface area contributed by atoms with E-state index in [1.165, 1.54) is 12.3 Å². The summed E-state index contributed by atoms with van der Waals surface area (Å²) in [6, 6.07) is 2.55. The van der Waals surface area contributed by atoms with Crippen LogP contribution in [0.15, 0.2) is 30.7 Å². The molecule has 0 fully saturated rings. The summed E-state index contributed by atoms with van der Waals surface area (Å²) in [4.78, 5) is 10.5. The molecule has 3 aromatic rings. The van der Waals surface area contributed by atoms with Crippen molar-refractivity contribution in [2.24, 2.45) is 0 Å². The molecule has 0 saturated heterocycles. The van der Waals surface area contributed by atoms with Crippen LogP contribution >= 0.6 is 0 Å². The molecule has 1 aliphatic heterocycles. The molecule has 1 atom stereocenters. The largest absolute Gasteiger partial charge is 0.420 e. The predicted octanol–water partition coefficient (Wildman–Crippen LogP) is 2.66. The van der Waals surface area contributed by atoms with E-state index in [0.717, 1.165) is 12.0 Å². The average Bonchev–Trinajstić information content (AvgIpc) is 3.16. The van der Waals surface area contributed by atoms with E-state index >= 15 is 0 Å². The van der Waals surface area contributed by atoms with Crippen LogP contribution in [-0.2, 0) is 30.6 Å². The summed E-state index contributed by atoms with van der Waals surface area (Å²) in [7, 11) is 0. The first-order valence-electron chi connectivity index (χ1n) is 9.81. The number of halogens is 4. The van der Waals surface area contributed by atoms with Crippen LogP contribution in [0.3, 0.4) is 0 Å². The van der Waals surface area contributed by atoms with Crippen LogP contribution in [0.4, 0.5) is 29.1 Å². The van der Waals surface area contributed by atoms with Crippen molar-refractivity contribution in [1.29, 1.82) is 0 Å². The average molecular weight is 452 g/mol. The van der Waals surface area contributed by atoms with Crippen molar-refractivity contribution in [3.05, 3.63) is 53.8 Å². The Hall–Kier alpha value is -3.35. The number of rotatable bonds is 7. The standard InChI is InChI=1S/C19H20F4N8O/c1-12(27-15-8-26-25-7-14(15)19(21,22)23)10-32-11-16-28-18-9-30(4-5-31(18)29-16)17-3-2-13(20)6-24-17/h2-3,6-8,12H,4-5,9-11H2,1H3,(H,25,27)/t12-/m0/s1. The Labute approximate surface area is 180 Å². The van der Waals surface area contributed by atoms with Crippen LogP contribution in [-0.4, -0.2) is 49.1 Å². The molecular weight excluding hydrogens is 432 g/mol. The van der Waals surface area contributed by atoms with Crippen molar-refractivity contribution in [3.8, 4) is 0 Å². The van der Waals surface area contributed by atoms with E-state index in [9.17, 15) is 17.6 Å². The summed E-state index contributed by atoms with van der Waals surface area (Å²) in [6.45, 7) is 3.65. The summed E-state index contributed by atoms with van der Waals surface area (Å²) in [5, 5.41) is 14.0. The lowest BCUT2D eigenvalue weighted by Gasteiger charge is -2.27. The Kier molecular flexibility index (Phi) is 6.17. The molecule has 0 aromatic carbocycles. The van der Waals surface area contributed by atoms with E-state index in [1.807, 2.05) is 4.90 Å². The third-order valence-corrected chi connectivity index (χ3v) is 4.78. The summed E-state index contributed by atoms with van der Waals surface area (Å²) < 4.78 is 59.6. The van der Waals surface area contributed by atoms with Crippen LogP contribution in [0.5, 0.6) is 0 Å². The maximum Gasteiger partial charge on any atom is 0.420 e. The molecule has 0 aliphatic carbocycles. The molecule has 0 unspecified atom stereocenters. The third-order valence-electron chi connectivity index (χ3n) is 4.78. The van der Waals surface area contributed by atoms with Gasteiger partial charge < -0.3 is 15.0 Å². The van der Waals surface area contributed by atoms with Gasteiger partial charge in [-0.3, -0.25) is 0 Å². The Morgan fingerprint density at radius 1 is 1.16 bits per heavy atom. The molecule has 4 rings (SSSR count). The summed E-state index contributed by atoms with van der Waals surface area (Å²) >= 11 is 0. The quantitative estimate of drug-likeness (QED) is 0.547. The van der Waals surface area contributed by atoms with E-state index in [0.29, 0.717) is 37.5 Å². The van der Waals surface area contributed by atoms with E-state index in [-0.39, 0.29) is 18.9 Å². The van der Waals surface area contributed by atoms with Crippen LogP contribution in [0.25, 0.3) is 0 Å². The van der Waals surface area contributed by atoms with E-state index in [2.05, 4.69) is 30.6 Å². The molecule has 32 heavy (non-hydrogen) atoms. The van der Waals surface area contributed by atoms with Gasteiger partial charge in [0.15, 0.2) is 5.82 Å². The van der Waals surface area contributed by atoms with Crippen molar-refractivity contribution >= 4 is 11.5 Å². The zero-order chi connectivity index (χ0) is 22.7. The molecule has 9 nitrogen and oxygen atoms in total. The van der Waals surface area contributed by atoms with Gasteiger partial charge in [0.05, 0.1) is 44.0 Å². The highest BCUT2D eigenvalue weighted by atomic mass is 19.4. The number of hydrogen-bond donors (Lipinski definition) is 1. The summed E-state index contributed by atoms with van der Waals surface area (Å²) in [6.07, 6.45) is -1.65. The number of hydrogen-bond acceptors (Lipinski definition) is 8. The van der Waals surface area contributed by atoms with Crippen molar-refractivity contribution in [2.45, 2.75) is 38.8 Å². The highest BCUT2D eigenvalue weighted by molar-refractivity contribution is 5.50. The van der Waals surface area contributed by atoms with Gasteiger partial charge in [0.25, 0.3) is 0 Å². The van der Waals surface area contributed by atoms with Crippen LogP contribution in [0, 0.1) is 5.82 Å². The van der Waals surface area contributed by atoms with Crippen LogP contribution < -0.4 is 10.2 Å². The molecule has 0 bridgehead atoms. The number of aromatic nitrogens is 6. The highest BCUT2D eigenvalue weighted by Gasteiger charge is 2.34. The molecule has 0 radical (unpaired) electrons. The Bertz CT molecular complexity index is 1060. The Morgan fingerprint density at radius 3 is 2.72 bits per heavy atom.